The molecule has 0 radical (unpaired) electrons. The molecule has 1 aromatic carbocycles. The minimum atomic E-state index is -0.658. The molecule has 0 bridgehead atoms. The van der Waals surface area contributed by atoms with Crippen molar-refractivity contribution in [1.29, 1.82) is 0 Å². The summed E-state index contributed by atoms with van der Waals surface area (Å²) in [4.78, 5) is 29.9. The molecule has 1 aliphatic rings. The molecule has 0 saturated carbocycles. The fourth-order valence-corrected chi connectivity index (χ4v) is 3.20. The van der Waals surface area contributed by atoms with Crippen molar-refractivity contribution in [2.24, 2.45) is 10.9 Å². The van der Waals surface area contributed by atoms with Crippen LogP contribution in [-0.2, 0) is 19.1 Å². The number of ether oxygens (including phenoxy) is 2. The summed E-state index contributed by atoms with van der Waals surface area (Å²) in [5.41, 5.74) is 2.93. The fourth-order valence-electron chi connectivity index (χ4n) is 3.20. The first-order valence-electron chi connectivity index (χ1n) is 8.69. The summed E-state index contributed by atoms with van der Waals surface area (Å²) in [5.74, 6) is -2.01. The molecule has 1 heterocycles. The van der Waals surface area contributed by atoms with E-state index in [1.807, 2.05) is 52.0 Å². The summed E-state index contributed by atoms with van der Waals surface area (Å²) in [5, 5.41) is 0. The molecular weight excluding hydrogens is 330 g/mol. The molecule has 5 heteroatoms. The molecular formula is C21H27NO4. The summed E-state index contributed by atoms with van der Waals surface area (Å²) in [6.45, 7) is 11.0. The van der Waals surface area contributed by atoms with Crippen LogP contribution in [0.4, 0.5) is 0 Å². The molecule has 1 aliphatic heterocycles. The van der Waals surface area contributed by atoms with Gasteiger partial charge in [0.15, 0.2) is 0 Å². The van der Waals surface area contributed by atoms with E-state index in [1.54, 1.807) is 13.8 Å². The summed E-state index contributed by atoms with van der Waals surface area (Å²) in [6.07, 6.45) is 0. The first kappa shape index (κ1) is 19.9. The number of carbonyl (C=O) groups excluding carboxylic acids is 2. The third-order valence-electron chi connectivity index (χ3n) is 4.34. The molecule has 2 rings (SSSR count). The van der Waals surface area contributed by atoms with E-state index in [-0.39, 0.29) is 0 Å². The van der Waals surface area contributed by atoms with Crippen molar-refractivity contribution >= 4 is 17.7 Å². The Hall–Kier alpha value is -2.43. The van der Waals surface area contributed by atoms with E-state index in [4.69, 9.17) is 9.47 Å². The van der Waals surface area contributed by atoms with Crippen LogP contribution in [-0.4, -0.2) is 30.4 Å². The Morgan fingerprint density at radius 1 is 1.04 bits per heavy atom. The van der Waals surface area contributed by atoms with Crippen LogP contribution in [0.15, 0.2) is 40.5 Å². The number of hydrogen-bond acceptors (Lipinski definition) is 5. The molecule has 2 atom stereocenters. The van der Waals surface area contributed by atoms with Crippen LogP contribution in [0.3, 0.4) is 0 Å². The van der Waals surface area contributed by atoms with E-state index in [1.165, 1.54) is 7.11 Å². The number of nitrogens with zero attached hydrogens (tertiary/aromatic N) is 1. The lowest BCUT2D eigenvalue weighted by molar-refractivity contribution is -0.150. The van der Waals surface area contributed by atoms with Crippen LogP contribution < -0.4 is 0 Å². The van der Waals surface area contributed by atoms with Crippen LogP contribution in [0.25, 0.3) is 0 Å². The Morgan fingerprint density at radius 3 is 2.12 bits per heavy atom. The summed E-state index contributed by atoms with van der Waals surface area (Å²) >= 11 is 0. The van der Waals surface area contributed by atoms with Crippen LogP contribution in [0.2, 0.25) is 0 Å². The first-order chi connectivity index (χ1) is 12.0. The Morgan fingerprint density at radius 2 is 1.62 bits per heavy atom. The number of methoxy groups -OCH3 is 1. The lowest BCUT2D eigenvalue weighted by Gasteiger charge is -2.32. The maximum atomic E-state index is 12.9. The van der Waals surface area contributed by atoms with Crippen LogP contribution in [0.5, 0.6) is 0 Å². The highest BCUT2D eigenvalue weighted by molar-refractivity contribution is 6.07. The molecule has 0 aliphatic carbocycles. The van der Waals surface area contributed by atoms with Crippen LogP contribution in [0.1, 0.15) is 51.7 Å². The predicted octanol–water partition coefficient (Wildman–Crippen LogP) is 3.96. The smallest absolute Gasteiger partial charge is 0.337 e. The number of allylic oxidation sites excluding steroid dienone is 1. The van der Waals surface area contributed by atoms with Gasteiger partial charge in [0.1, 0.15) is 11.5 Å². The summed E-state index contributed by atoms with van der Waals surface area (Å²) in [7, 11) is 1.35. The molecule has 0 amide bonds. The number of benzene rings is 1. The van der Waals surface area contributed by atoms with Gasteiger partial charge in [-0.15, -0.1) is 0 Å². The van der Waals surface area contributed by atoms with E-state index >= 15 is 0 Å². The topological polar surface area (TPSA) is 65.0 Å². The van der Waals surface area contributed by atoms with Crippen molar-refractivity contribution < 1.29 is 19.1 Å². The lowest BCUT2D eigenvalue weighted by atomic mass is 9.75. The van der Waals surface area contributed by atoms with Gasteiger partial charge in [-0.2, -0.15) is 0 Å². The van der Waals surface area contributed by atoms with Crippen molar-refractivity contribution in [1.82, 2.24) is 0 Å². The van der Waals surface area contributed by atoms with E-state index < -0.39 is 29.4 Å². The predicted molar refractivity (Wildman–Crippen MR) is 101 cm³/mol. The molecule has 26 heavy (non-hydrogen) atoms. The zero-order chi connectivity index (χ0) is 19.6. The highest BCUT2D eigenvalue weighted by Crippen LogP contribution is 2.40. The standard InChI is InChI=1S/C21H27NO4/c1-12-8-10-15(11-9-12)18-16(19(23)25-7)13(2)22-14(3)17(18)20(24)26-21(4,5)6/h8-11,16,18H,1-7H3. The van der Waals surface area contributed by atoms with Gasteiger partial charge in [-0.1, -0.05) is 29.8 Å². The van der Waals surface area contributed by atoms with E-state index in [0.717, 1.165) is 11.1 Å². The molecule has 140 valence electrons. The number of aliphatic imine (C=N–C) groups is 1. The van der Waals surface area contributed by atoms with Gasteiger partial charge in [-0.3, -0.25) is 9.79 Å². The van der Waals surface area contributed by atoms with Crippen LogP contribution >= 0.6 is 0 Å². The Labute approximate surface area is 155 Å². The molecule has 1 aromatic rings. The normalized spacial score (nSPS) is 20.5. The van der Waals surface area contributed by atoms with Gasteiger partial charge in [0.05, 0.1) is 12.7 Å². The van der Waals surface area contributed by atoms with E-state index in [9.17, 15) is 9.59 Å². The SMILES string of the molecule is COC(=O)C1C(C)=NC(C)=C(C(=O)OC(C)(C)C)C1c1ccc(C)cc1. The van der Waals surface area contributed by atoms with Crippen molar-refractivity contribution in [3.63, 3.8) is 0 Å². The third kappa shape index (κ3) is 4.21. The molecule has 2 unspecified atom stereocenters. The lowest BCUT2D eigenvalue weighted by Crippen LogP contribution is -2.37. The highest BCUT2D eigenvalue weighted by atomic mass is 16.6. The van der Waals surface area contributed by atoms with Crippen molar-refractivity contribution in [2.75, 3.05) is 7.11 Å². The minimum Gasteiger partial charge on any atom is -0.468 e. The average molecular weight is 357 g/mol. The summed E-state index contributed by atoms with van der Waals surface area (Å²) < 4.78 is 10.6. The Balaban J connectivity index is 2.62. The number of esters is 2. The largest absolute Gasteiger partial charge is 0.468 e. The number of hydrogen-bond donors (Lipinski definition) is 0. The second-order valence-electron chi connectivity index (χ2n) is 7.64. The minimum absolute atomic E-state index is 0.407. The van der Waals surface area contributed by atoms with Gasteiger partial charge in [-0.05, 0) is 47.1 Å². The summed E-state index contributed by atoms with van der Waals surface area (Å²) in [6, 6.07) is 7.80. The highest BCUT2D eigenvalue weighted by Gasteiger charge is 2.42. The van der Waals surface area contributed by atoms with Gasteiger partial charge in [-0.25, -0.2) is 4.79 Å². The number of rotatable bonds is 3. The van der Waals surface area contributed by atoms with Gasteiger partial charge in [0, 0.05) is 17.3 Å². The van der Waals surface area contributed by atoms with Crippen LogP contribution in [0, 0.1) is 12.8 Å². The number of carbonyl (C=O) groups is 2. The van der Waals surface area contributed by atoms with Gasteiger partial charge < -0.3 is 9.47 Å². The van der Waals surface area contributed by atoms with Crippen molar-refractivity contribution in [3.8, 4) is 0 Å². The molecule has 5 nitrogen and oxygen atoms in total. The molecule has 0 saturated heterocycles. The Kier molecular flexibility index (Phi) is 5.69. The maximum absolute atomic E-state index is 12.9. The van der Waals surface area contributed by atoms with Crippen molar-refractivity contribution in [2.45, 2.75) is 53.1 Å². The maximum Gasteiger partial charge on any atom is 0.337 e. The monoisotopic (exact) mass is 357 g/mol. The number of aryl methyl sites for hydroxylation is 1. The molecule has 0 N–H and O–H groups in total. The fraction of sp³-hybridized carbons (Fsp3) is 0.476. The molecule has 0 aromatic heterocycles. The Bertz CT molecular complexity index is 766. The molecule has 0 spiro atoms. The first-order valence-corrected chi connectivity index (χ1v) is 8.69. The van der Waals surface area contributed by atoms with Gasteiger partial charge >= 0.3 is 11.9 Å². The zero-order valence-corrected chi connectivity index (χ0v) is 16.5. The second-order valence-corrected chi connectivity index (χ2v) is 7.64. The van der Waals surface area contributed by atoms with Crippen molar-refractivity contribution in [3.05, 3.63) is 46.7 Å². The average Bonchev–Trinajstić information content (AvgIpc) is 2.52. The zero-order valence-electron chi connectivity index (χ0n) is 16.5. The van der Waals surface area contributed by atoms with Gasteiger partial charge in [0.25, 0.3) is 0 Å². The molecule has 0 fully saturated rings. The quantitative estimate of drug-likeness (QED) is 0.768. The van der Waals surface area contributed by atoms with Gasteiger partial charge in [0.2, 0.25) is 0 Å². The van der Waals surface area contributed by atoms with E-state index in [2.05, 4.69) is 4.99 Å². The second kappa shape index (κ2) is 7.44. The van der Waals surface area contributed by atoms with E-state index in [0.29, 0.717) is 17.0 Å². The third-order valence-corrected chi connectivity index (χ3v) is 4.34.